The van der Waals surface area contributed by atoms with Crippen LogP contribution in [0.3, 0.4) is 0 Å². The highest BCUT2D eigenvalue weighted by Gasteiger charge is 2.19. The lowest BCUT2D eigenvalue weighted by molar-refractivity contribution is 1.18. The minimum Gasteiger partial charge on any atom is -0.309 e. The number of hydrogen-bond donors (Lipinski definition) is 0. The summed E-state index contributed by atoms with van der Waals surface area (Å²) in [5.74, 6) is 0. The van der Waals surface area contributed by atoms with Crippen molar-refractivity contribution in [1.82, 2.24) is 9.13 Å². The van der Waals surface area contributed by atoms with Crippen molar-refractivity contribution >= 4 is 43.6 Å². The molecule has 0 radical (unpaired) electrons. The molecule has 2 aromatic heterocycles. The Kier molecular flexibility index (Phi) is 5.88. The summed E-state index contributed by atoms with van der Waals surface area (Å²) in [6.07, 6.45) is 0. The Labute approximate surface area is 266 Å². The molecular weight excluding hydrogens is 558 g/mol. The maximum Gasteiger partial charge on any atom is 0.0998 e. The zero-order chi connectivity index (χ0) is 30.6. The van der Waals surface area contributed by atoms with Gasteiger partial charge in [-0.25, -0.2) is 0 Å². The van der Waals surface area contributed by atoms with Crippen LogP contribution in [0, 0.1) is 11.3 Å². The summed E-state index contributed by atoms with van der Waals surface area (Å²) in [6, 6.07) is 60.1. The Morgan fingerprint density at radius 2 is 0.935 bits per heavy atom. The van der Waals surface area contributed by atoms with Crippen molar-refractivity contribution in [2.24, 2.45) is 0 Å². The molecule has 0 saturated heterocycles. The van der Waals surface area contributed by atoms with Gasteiger partial charge in [-0.1, -0.05) is 103 Å². The van der Waals surface area contributed by atoms with Gasteiger partial charge in [0.1, 0.15) is 0 Å². The zero-order valence-electron chi connectivity index (χ0n) is 24.9. The highest BCUT2D eigenvalue weighted by Crippen LogP contribution is 2.40. The van der Waals surface area contributed by atoms with E-state index < -0.39 is 0 Å². The fraction of sp³-hybridized carbons (Fsp3) is 0. The number of fused-ring (bicyclic) bond motifs is 6. The van der Waals surface area contributed by atoms with E-state index in [-0.39, 0.29) is 0 Å². The Hall–Kier alpha value is -6.37. The first-order chi connectivity index (χ1) is 22.8. The van der Waals surface area contributed by atoms with Crippen molar-refractivity contribution in [3.63, 3.8) is 0 Å². The largest absolute Gasteiger partial charge is 0.309 e. The Morgan fingerprint density at radius 1 is 0.391 bits per heavy atom. The summed E-state index contributed by atoms with van der Waals surface area (Å²) >= 11 is 0. The second kappa shape index (κ2) is 10.4. The number of rotatable bonds is 4. The minimum atomic E-state index is 0.651. The Balaban J connectivity index is 1.25. The minimum absolute atomic E-state index is 0.651. The number of nitrogens with zero attached hydrogens (tertiary/aromatic N) is 3. The molecule has 0 fully saturated rings. The van der Waals surface area contributed by atoms with Crippen LogP contribution in [0.25, 0.3) is 77.2 Å². The lowest BCUT2D eigenvalue weighted by atomic mass is 9.94. The lowest BCUT2D eigenvalue weighted by Crippen LogP contribution is -1.99. The van der Waals surface area contributed by atoms with E-state index in [0.29, 0.717) is 5.56 Å². The van der Waals surface area contributed by atoms with Gasteiger partial charge in [0, 0.05) is 32.8 Å². The predicted molar refractivity (Wildman–Crippen MR) is 191 cm³/mol. The highest BCUT2D eigenvalue weighted by molar-refractivity contribution is 6.11. The van der Waals surface area contributed by atoms with Crippen molar-refractivity contribution in [1.29, 1.82) is 5.26 Å². The standard InChI is InChI=1S/C43H27N3/c44-28-32-14-11-23-42(46-39-21-8-4-17-34(39)35-18-5-9-22-40(35)46)43(32)31-13-10-12-29(26-31)30-24-25-41-37(27-30)36-19-6-7-20-38(36)45(41)33-15-2-1-3-16-33/h1-27H. The number of nitriles is 1. The third-order valence-electron chi connectivity index (χ3n) is 9.16. The fourth-order valence-electron chi connectivity index (χ4n) is 7.17. The number of para-hydroxylation sites is 4. The second-order valence-electron chi connectivity index (χ2n) is 11.7. The van der Waals surface area contributed by atoms with E-state index >= 15 is 0 Å². The average molecular weight is 586 g/mol. The predicted octanol–water partition coefficient (Wildman–Crippen LogP) is 11.1. The molecule has 7 aromatic carbocycles. The molecule has 0 bridgehead atoms. The van der Waals surface area contributed by atoms with E-state index in [0.717, 1.165) is 44.7 Å². The third kappa shape index (κ3) is 3.91. The van der Waals surface area contributed by atoms with Crippen LogP contribution in [0.4, 0.5) is 0 Å². The average Bonchev–Trinajstić information content (AvgIpc) is 3.64. The summed E-state index contributed by atoms with van der Waals surface area (Å²) in [4.78, 5) is 0. The second-order valence-corrected chi connectivity index (χ2v) is 11.7. The zero-order valence-corrected chi connectivity index (χ0v) is 24.9. The van der Waals surface area contributed by atoms with Crippen LogP contribution >= 0.6 is 0 Å². The maximum atomic E-state index is 10.4. The Bertz CT molecular complexity index is 2600. The van der Waals surface area contributed by atoms with Gasteiger partial charge in [-0.2, -0.15) is 5.26 Å². The van der Waals surface area contributed by atoms with Gasteiger partial charge in [0.25, 0.3) is 0 Å². The van der Waals surface area contributed by atoms with Gasteiger partial charge >= 0.3 is 0 Å². The topological polar surface area (TPSA) is 33.6 Å². The van der Waals surface area contributed by atoms with Gasteiger partial charge in [0.2, 0.25) is 0 Å². The van der Waals surface area contributed by atoms with E-state index in [1.807, 2.05) is 12.1 Å². The molecule has 0 unspecified atom stereocenters. The molecule has 3 heteroatoms. The van der Waals surface area contributed by atoms with Gasteiger partial charge in [-0.05, 0) is 77.4 Å². The lowest BCUT2D eigenvalue weighted by Gasteiger charge is -2.16. The van der Waals surface area contributed by atoms with Crippen LogP contribution in [0.2, 0.25) is 0 Å². The number of hydrogen-bond acceptors (Lipinski definition) is 1. The molecule has 2 heterocycles. The molecule has 0 aliphatic carbocycles. The van der Waals surface area contributed by atoms with Crippen molar-refractivity contribution < 1.29 is 0 Å². The molecule has 0 spiro atoms. The number of aromatic nitrogens is 2. The molecule has 0 aliphatic heterocycles. The molecule has 3 nitrogen and oxygen atoms in total. The monoisotopic (exact) mass is 585 g/mol. The molecule has 0 atom stereocenters. The van der Waals surface area contributed by atoms with Crippen LogP contribution in [0.5, 0.6) is 0 Å². The van der Waals surface area contributed by atoms with Crippen LogP contribution in [-0.4, -0.2) is 9.13 Å². The summed E-state index contributed by atoms with van der Waals surface area (Å²) in [5, 5.41) is 15.2. The fourth-order valence-corrected chi connectivity index (χ4v) is 7.17. The van der Waals surface area contributed by atoms with Gasteiger partial charge in [0.05, 0.1) is 39.4 Å². The summed E-state index contributed by atoms with van der Waals surface area (Å²) in [6.45, 7) is 0. The van der Waals surface area contributed by atoms with Crippen LogP contribution in [-0.2, 0) is 0 Å². The van der Waals surface area contributed by atoms with Gasteiger partial charge in [-0.15, -0.1) is 0 Å². The normalized spacial score (nSPS) is 11.5. The van der Waals surface area contributed by atoms with E-state index in [1.54, 1.807) is 0 Å². The van der Waals surface area contributed by atoms with E-state index in [4.69, 9.17) is 0 Å². The third-order valence-corrected chi connectivity index (χ3v) is 9.16. The van der Waals surface area contributed by atoms with E-state index in [1.165, 1.54) is 32.6 Å². The van der Waals surface area contributed by atoms with Gasteiger partial charge < -0.3 is 9.13 Å². The van der Waals surface area contributed by atoms with Crippen LogP contribution in [0.15, 0.2) is 164 Å². The molecule has 0 N–H and O–H groups in total. The molecular formula is C43H27N3. The van der Waals surface area contributed by atoms with Crippen molar-refractivity contribution in [3.05, 3.63) is 169 Å². The van der Waals surface area contributed by atoms with Crippen molar-refractivity contribution in [2.75, 3.05) is 0 Å². The summed E-state index contributed by atoms with van der Waals surface area (Å²) < 4.78 is 4.64. The molecule has 214 valence electrons. The van der Waals surface area contributed by atoms with E-state index in [9.17, 15) is 5.26 Å². The smallest absolute Gasteiger partial charge is 0.0998 e. The first kappa shape index (κ1) is 26.1. The molecule has 9 rings (SSSR count). The van der Waals surface area contributed by atoms with E-state index in [2.05, 4.69) is 167 Å². The molecule has 0 amide bonds. The van der Waals surface area contributed by atoms with Crippen molar-refractivity contribution in [2.45, 2.75) is 0 Å². The molecule has 0 saturated carbocycles. The SMILES string of the molecule is N#Cc1cccc(-n2c3ccccc3c3ccccc32)c1-c1cccc(-c2ccc3c(c2)c2ccccc2n3-c2ccccc2)c1. The van der Waals surface area contributed by atoms with Crippen LogP contribution < -0.4 is 0 Å². The molecule has 0 aliphatic rings. The summed E-state index contributed by atoms with van der Waals surface area (Å²) in [7, 11) is 0. The Morgan fingerprint density at radius 3 is 1.63 bits per heavy atom. The first-order valence-corrected chi connectivity index (χ1v) is 15.5. The maximum absolute atomic E-state index is 10.4. The van der Waals surface area contributed by atoms with Crippen LogP contribution in [0.1, 0.15) is 5.56 Å². The summed E-state index contributed by atoms with van der Waals surface area (Å²) in [5.41, 5.74) is 11.6. The highest BCUT2D eigenvalue weighted by atomic mass is 15.0. The number of benzene rings is 7. The van der Waals surface area contributed by atoms with Gasteiger partial charge in [-0.3, -0.25) is 0 Å². The first-order valence-electron chi connectivity index (χ1n) is 15.5. The molecule has 9 aromatic rings. The quantitative estimate of drug-likeness (QED) is 0.202. The van der Waals surface area contributed by atoms with Gasteiger partial charge in [0.15, 0.2) is 0 Å². The molecule has 46 heavy (non-hydrogen) atoms. The van der Waals surface area contributed by atoms with Crippen molar-refractivity contribution in [3.8, 4) is 39.7 Å².